The molecule has 2 saturated carbocycles. The molecule has 2 atom stereocenters. The molecule has 0 radical (unpaired) electrons. The number of nitrogens with one attached hydrogen (secondary N) is 1. The molecule has 2 nitrogen and oxygen atoms in total. The molecule has 0 saturated heterocycles. The zero-order valence-electron chi connectivity index (χ0n) is 11.0. The third-order valence-corrected chi connectivity index (χ3v) is 4.01. The topological polar surface area (TPSA) is 15.3 Å². The van der Waals surface area contributed by atoms with Crippen molar-refractivity contribution in [3.05, 3.63) is 0 Å². The van der Waals surface area contributed by atoms with Crippen LogP contribution in [0.25, 0.3) is 0 Å². The van der Waals surface area contributed by atoms with Gasteiger partial charge in [0, 0.05) is 12.1 Å². The first kappa shape index (κ1) is 14.1. The molecule has 0 heterocycles. The Morgan fingerprint density at radius 3 is 2.33 bits per heavy atom. The predicted molar refractivity (Wildman–Crippen MR) is 65.5 cm³/mol. The molecule has 0 aromatic heterocycles. The second kappa shape index (κ2) is 5.78. The van der Waals surface area contributed by atoms with Crippen molar-refractivity contribution in [1.29, 1.82) is 0 Å². The Kier molecular flexibility index (Phi) is 4.54. The van der Waals surface area contributed by atoms with E-state index in [1.165, 1.54) is 0 Å². The van der Waals surface area contributed by atoms with Gasteiger partial charge in [0.05, 0.1) is 6.54 Å². The van der Waals surface area contributed by atoms with Crippen LogP contribution in [0.15, 0.2) is 0 Å². The summed E-state index contributed by atoms with van der Waals surface area (Å²) in [5.41, 5.74) is 0. The molecule has 18 heavy (non-hydrogen) atoms. The average molecular weight is 264 g/mol. The smallest absolute Gasteiger partial charge is 0.316 e. The maximum atomic E-state index is 12.6. The minimum Gasteiger partial charge on any atom is -0.316 e. The van der Waals surface area contributed by atoms with E-state index in [9.17, 15) is 13.2 Å². The zero-order chi connectivity index (χ0) is 13.2. The first-order chi connectivity index (χ1) is 8.51. The molecule has 0 spiro atoms. The Morgan fingerprint density at radius 2 is 1.89 bits per heavy atom. The largest absolute Gasteiger partial charge is 0.401 e. The molecule has 2 rings (SSSR count). The fraction of sp³-hybridized carbons (Fsp3) is 1.00. The molecule has 2 aliphatic rings. The molecular weight excluding hydrogens is 241 g/mol. The van der Waals surface area contributed by atoms with Crippen molar-refractivity contribution in [2.75, 3.05) is 19.6 Å². The van der Waals surface area contributed by atoms with E-state index in [0.29, 0.717) is 5.92 Å². The predicted octanol–water partition coefficient (Wildman–Crippen LogP) is 2.79. The van der Waals surface area contributed by atoms with Gasteiger partial charge in [-0.05, 0) is 51.1 Å². The van der Waals surface area contributed by atoms with Crippen molar-refractivity contribution in [3.63, 3.8) is 0 Å². The summed E-state index contributed by atoms with van der Waals surface area (Å²) >= 11 is 0. The lowest BCUT2D eigenvalue weighted by Crippen LogP contribution is -2.54. The van der Waals surface area contributed by atoms with E-state index >= 15 is 0 Å². The lowest BCUT2D eigenvalue weighted by atomic mass is 9.78. The Bertz CT molecular complexity index is 263. The molecule has 2 unspecified atom stereocenters. The summed E-state index contributed by atoms with van der Waals surface area (Å²) in [7, 11) is 0. The molecule has 0 aromatic carbocycles. The van der Waals surface area contributed by atoms with Crippen molar-refractivity contribution in [2.24, 2.45) is 5.92 Å². The molecule has 5 heteroatoms. The number of halogens is 3. The maximum absolute atomic E-state index is 12.6. The van der Waals surface area contributed by atoms with Crippen LogP contribution in [0.5, 0.6) is 0 Å². The fourth-order valence-electron chi connectivity index (χ4n) is 2.82. The van der Waals surface area contributed by atoms with Crippen molar-refractivity contribution in [1.82, 2.24) is 10.2 Å². The van der Waals surface area contributed by atoms with Crippen molar-refractivity contribution >= 4 is 0 Å². The molecule has 0 aliphatic heterocycles. The highest BCUT2D eigenvalue weighted by Gasteiger charge is 2.46. The van der Waals surface area contributed by atoms with Crippen LogP contribution in [-0.2, 0) is 0 Å². The third kappa shape index (κ3) is 3.85. The number of nitrogens with zero attached hydrogens (tertiary/aromatic N) is 1. The van der Waals surface area contributed by atoms with E-state index in [1.54, 1.807) is 4.90 Å². The minimum absolute atomic E-state index is 0.156. The van der Waals surface area contributed by atoms with Gasteiger partial charge in [0.2, 0.25) is 0 Å². The van der Waals surface area contributed by atoms with E-state index in [1.807, 2.05) is 0 Å². The second-order valence-electron chi connectivity index (χ2n) is 5.63. The van der Waals surface area contributed by atoms with E-state index in [-0.39, 0.29) is 12.1 Å². The monoisotopic (exact) mass is 264 g/mol. The van der Waals surface area contributed by atoms with Crippen LogP contribution in [0.1, 0.15) is 39.0 Å². The SMILES string of the molecule is CCCNCC1CCC1N(CC(F)(F)F)C1CC1. The lowest BCUT2D eigenvalue weighted by molar-refractivity contribution is -0.160. The average Bonchev–Trinajstić information content (AvgIpc) is 3.03. The van der Waals surface area contributed by atoms with Crippen LogP contribution >= 0.6 is 0 Å². The number of hydrogen-bond acceptors (Lipinski definition) is 2. The molecule has 0 amide bonds. The lowest BCUT2D eigenvalue weighted by Gasteiger charge is -2.45. The zero-order valence-corrected chi connectivity index (χ0v) is 11.0. The second-order valence-corrected chi connectivity index (χ2v) is 5.63. The summed E-state index contributed by atoms with van der Waals surface area (Å²) in [5, 5.41) is 3.34. The molecule has 0 aromatic rings. The third-order valence-electron chi connectivity index (χ3n) is 4.01. The van der Waals surface area contributed by atoms with Gasteiger partial charge in [0.25, 0.3) is 0 Å². The number of hydrogen-bond donors (Lipinski definition) is 1. The van der Waals surface area contributed by atoms with Crippen LogP contribution in [0.4, 0.5) is 13.2 Å². The van der Waals surface area contributed by atoms with Gasteiger partial charge in [0.15, 0.2) is 0 Å². The molecule has 2 aliphatic carbocycles. The van der Waals surface area contributed by atoms with Gasteiger partial charge < -0.3 is 5.32 Å². The van der Waals surface area contributed by atoms with Crippen molar-refractivity contribution in [2.45, 2.75) is 57.3 Å². The summed E-state index contributed by atoms with van der Waals surface area (Å²) < 4.78 is 37.8. The molecule has 1 N–H and O–H groups in total. The Balaban J connectivity index is 1.83. The van der Waals surface area contributed by atoms with E-state index in [4.69, 9.17) is 0 Å². The van der Waals surface area contributed by atoms with E-state index < -0.39 is 12.7 Å². The van der Waals surface area contributed by atoms with Crippen LogP contribution in [-0.4, -0.2) is 42.8 Å². The Hall–Kier alpha value is -0.290. The summed E-state index contributed by atoms with van der Waals surface area (Å²) in [6, 6.07) is 0.356. The van der Waals surface area contributed by atoms with Crippen LogP contribution in [0.2, 0.25) is 0 Å². The van der Waals surface area contributed by atoms with Crippen LogP contribution in [0.3, 0.4) is 0 Å². The molecular formula is C13H23F3N2. The number of alkyl halides is 3. The standard InChI is InChI=1S/C13H23F3N2/c1-2-7-17-8-10-3-6-12(10)18(11-4-5-11)9-13(14,15)16/h10-12,17H,2-9H2,1H3. The van der Waals surface area contributed by atoms with Crippen LogP contribution < -0.4 is 5.32 Å². The van der Waals surface area contributed by atoms with Gasteiger partial charge in [-0.3, -0.25) is 4.90 Å². The summed E-state index contributed by atoms with van der Waals surface area (Å²) in [4.78, 5) is 1.72. The van der Waals surface area contributed by atoms with Gasteiger partial charge in [-0.25, -0.2) is 0 Å². The number of rotatable bonds is 7. The van der Waals surface area contributed by atoms with Gasteiger partial charge >= 0.3 is 6.18 Å². The van der Waals surface area contributed by atoms with Gasteiger partial charge in [-0.15, -0.1) is 0 Å². The quantitative estimate of drug-likeness (QED) is 0.711. The fourth-order valence-corrected chi connectivity index (χ4v) is 2.82. The van der Waals surface area contributed by atoms with Crippen molar-refractivity contribution in [3.8, 4) is 0 Å². The van der Waals surface area contributed by atoms with Crippen LogP contribution in [0, 0.1) is 5.92 Å². The highest BCUT2D eigenvalue weighted by molar-refractivity contribution is 4.97. The Labute approximate surface area is 107 Å². The minimum atomic E-state index is -4.06. The highest BCUT2D eigenvalue weighted by atomic mass is 19.4. The first-order valence-corrected chi connectivity index (χ1v) is 7.04. The Morgan fingerprint density at radius 1 is 1.17 bits per heavy atom. The highest BCUT2D eigenvalue weighted by Crippen LogP contribution is 2.40. The van der Waals surface area contributed by atoms with Crippen molar-refractivity contribution < 1.29 is 13.2 Å². The van der Waals surface area contributed by atoms with E-state index in [2.05, 4.69) is 12.2 Å². The summed E-state index contributed by atoms with van der Waals surface area (Å²) in [6.07, 6.45) is 0.919. The van der Waals surface area contributed by atoms with Gasteiger partial charge in [-0.1, -0.05) is 6.92 Å². The maximum Gasteiger partial charge on any atom is 0.401 e. The normalized spacial score (nSPS) is 28.5. The van der Waals surface area contributed by atoms with Gasteiger partial charge in [-0.2, -0.15) is 13.2 Å². The van der Waals surface area contributed by atoms with E-state index in [0.717, 1.165) is 45.2 Å². The molecule has 0 bridgehead atoms. The van der Waals surface area contributed by atoms with Gasteiger partial charge in [0.1, 0.15) is 0 Å². The summed E-state index contributed by atoms with van der Waals surface area (Å²) in [6.45, 7) is 3.23. The molecule has 2 fully saturated rings. The molecule has 106 valence electrons. The summed E-state index contributed by atoms with van der Waals surface area (Å²) in [5.74, 6) is 0.416. The first-order valence-electron chi connectivity index (χ1n) is 7.04.